The lowest BCUT2D eigenvalue weighted by Crippen LogP contribution is -2.30. The summed E-state index contributed by atoms with van der Waals surface area (Å²) >= 11 is 0. The van der Waals surface area contributed by atoms with Crippen molar-refractivity contribution in [3.63, 3.8) is 0 Å². The summed E-state index contributed by atoms with van der Waals surface area (Å²) < 4.78 is 5.62. The van der Waals surface area contributed by atoms with Crippen molar-refractivity contribution < 1.29 is 9.53 Å². The molecule has 4 heteroatoms. The Bertz CT molecular complexity index is 501. The predicted molar refractivity (Wildman–Crippen MR) is 78.6 cm³/mol. The second-order valence-electron chi connectivity index (χ2n) is 5.57. The molecule has 2 N–H and O–H groups in total. The van der Waals surface area contributed by atoms with Crippen LogP contribution in [0.4, 0.5) is 5.69 Å². The molecule has 2 unspecified atom stereocenters. The highest BCUT2D eigenvalue weighted by Crippen LogP contribution is 2.27. The first kappa shape index (κ1) is 13.6. The minimum absolute atomic E-state index is 0.00225. The van der Waals surface area contributed by atoms with Gasteiger partial charge in [-0.2, -0.15) is 0 Å². The van der Waals surface area contributed by atoms with Gasteiger partial charge in [0.05, 0.1) is 12.0 Å². The highest BCUT2D eigenvalue weighted by Gasteiger charge is 2.33. The molecule has 0 aliphatic carbocycles. The van der Waals surface area contributed by atoms with Crippen LogP contribution in [0.25, 0.3) is 0 Å². The summed E-state index contributed by atoms with van der Waals surface area (Å²) in [4.78, 5) is 12.5. The Morgan fingerprint density at radius 1 is 1.50 bits per heavy atom. The number of benzene rings is 1. The predicted octanol–water partition coefficient (Wildman–Crippen LogP) is 2.09. The minimum Gasteiger partial charge on any atom is -0.377 e. The summed E-state index contributed by atoms with van der Waals surface area (Å²) in [6.07, 6.45) is 2.79. The Balaban J connectivity index is 1.76. The number of anilines is 1. The summed E-state index contributed by atoms with van der Waals surface area (Å²) in [7, 11) is 0. The number of nitrogens with one attached hydrogen (secondary N) is 2. The van der Waals surface area contributed by atoms with Crippen LogP contribution in [0.5, 0.6) is 0 Å². The molecule has 108 valence electrons. The van der Waals surface area contributed by atoms with Crippen molar-refractivity contribution in [3.8, 4) is 0 Å². The van der Waals surface area contributed by atoms with Crippen molar-refractivity contribution in [2.45, 2.75) is 38.8 Å². The van der Waals surface area contributed by atoms with Crippen LogP contribution in [0, 0.1) is 5.92 Å². The fourth-order valence-electron chi connectivity index (χ4n) is 3.23. The van der Waals surface area contributed by atoms with Gasteiger partial charge in [-0.1, -0.05) is 19.1 Å². The largest absolute Gasteiger partial charge is 0.377 e. The van der Waals surface area contributed by atoms with Crippen molar-refractivity contribution in [3.05, 3.63) is 29.3 Å². The SMILES string of the molecule is CCC1OCCC1C(=O)Nc1cccc2c1CCNC2. The van der Waals surface area contributed by atoms with Gasteiger partial charge in [-0.3, -0.25) is 4.79 Å². The van der Waals surface area contributed by atoms with E-state index in [1.54, 1.807) is 0 Å². The molecule has 0 saturated carbocycles. The van der Waals surface area contributed by atoms with Crippen LogP contribution < -0.4 is 10.6 Å². The smallest absolute Gasteiger partial charge is 0.230 e. The Morgan fingerprint density at radius 2 is 2.40 bits per heavy atom. The highest BCUT2D eigenvalue weighted by molar-refractivity contribution is 5.94. The fourth-order valence-corrected chi connectivity index (χ4v) is 3.23. The summed E-state index contributed by atoms with van der Waals surface area (Å²) in [5.41, 5.74) is 3.56. The van der Waals surface area contributed by atoms with E-state index in [2.05, 4.69) is 23.6 Å². The van der Waals surface area contributed by atoms with Crippen molar-refractivity contribution in [1.82, 2.24) is 5.32 Å². The molecule has 0 radical (unpaired) electrons. The van der Waals surface area contributed by atoms with Crippen LogP contribution in [0.15, 0.2) is 18.2 Å². The van der Waals surface area contributed by atoms with E-state index in [1.165, 1.54) is 11.1 Å². The molecule has 2 aliphatic heterocycles. The van der Waals surface area contributed by atoms with E-state index in [1.807, 2.05) is 12.1 Å². The van der Waals surface area contributed by atoms with Gasteiger partial charge >= 0.3 is 0 Å². The molecule has 1 aromatic rings. The highest BCUT2D eigenvalue weighted by atomic mass is 16.5. The summed E-state index contributed by atoms with van der Waals surface area (Å²) in [5, 5.41) is 6.49. The van der Waals surface area contributed by atoms with Gasteiger partial charge in [0.15, 0.2) is 0 Å². The van der Waals surface area contributed by atoms with Crippen LogP contribution in [-0.2, 0) is 22.5 Å². The van der Waals surface area contributed by atoms with Crippen LogP contribution in [0.2, 0.25) is 0 Å². The molecule has 0 spiro atoms. The number of ether oxygens (including phenoxy) is 1. The number of rotatable bonds is 3. The van der Waals surface area contributed by atoms with Crippen molar-refractivity contribution in [1.29, 1.82) is 0 Å². The third kappa shape index (κ3) is 2.58. The van der Waals surface area contributed by atoms with Gasteiger partial charge in [0, 0.05) is 18.8 Å². The van der Waals surface area contributed by atoms with Crippen LogP contribution >= 0.6 is 0 Å². The van der Waals surface area contributed by atoms with Gasteiger partial charge in [0.2, 0.25) is 5.91 Å². The van der Waals surface area contributed by atoms with Crippen molar-refractivity contribution in [2.75, 3.05) is 18.5 Å². The maximum atomic E-state index is 12.5. The van der Waals surface area contributed by atoms with E-state index in [-0.39, 0.29) is 17.9 Å². The van der Waals surface area contributed by atoms with Gasteiger partial charge in [-0.25, -0.2) is 0 Å². The molecule has 1 amide bonds. The second-order valence-corrected chi connectivity index (χ2v) is 5.57. The summed E-state index contributed by atoms with van der Waals surface area (Å²) in [5.74, 6) is 0.110. The number of fused-ring (bicyclic) bond motifs is 1. The molecule has 1 aromatic carbocycles. The van der Waals surface area contributed by atoms with E-state index >= 15 is 0 Å². The summed E-state index contributed by atoms with van der Waals surface area (Å²) in [6, 6.07) is 6.16. The molecule has 2 atom stereocenters. The van der Waals surface area contributed by atoms with E-state index < -0.39 is 0 Å². The van der Waals surface area contributed by atoms with Gasteiger partial charge < -0.3 is 15.4 Å². The third-order valence-corrected chi connectivity index (χ3v) is 4.35. The Hall–Kier alpha value is -1.39. The molecule has 2 heterocycles. The van der Waals surface area contributed by atoms with Crippen LogP contribution in [0.1, 0.15) is 30.9 Å². The zero-order valence-electron chi connectivity index (χ0n) is 11.9. The number of hydrogen-bond donors (Lipinski definition) is 2. The van der Waals surface area contributed by atoms with E-state index in [9.17, 15) is 4.79 Å². The lowest BCUT2D eigenvalue weighted by atomic mass is 9.96. The molecule has 1 fully saturated rings. The Kier molecular flexibility index (Phi) is 4.03. The molecule has 0 aromatic heterocycles. The quantitative estimate of drug-likeness (QED) is 0.887. The lowest BCUT2D eigenvalue weighted by Gasteiger charge is -2.22. The maximum absolute atomic E-state index is 12.5. The van der Waals surface area contributed by atoms with Gasteiger partial charge in [-0.05, 0) is 43.0 Å². The van der Waals surface area contributed by atoms with E-state index in [0.29, 0.717) is 6.61 Å². The molecular formula is C16H22N2O2. The first-order valence-electron chi connectivity index (χ1n) is 7.53. The molecule has 4 nitrogen and oxygen atoms in total. The summed E-state index contributed by atoms with van der Waals surface area (Å²) in [6.45, 7) is 4.65. The average Bonchev–Trinajstić information content (AvgIpc) is 2.96. The monoisotopic (exact) mass is 274 g/mol. The minimum atomic E-state index is -0.00225. The number of amides is 1. The third-order valence-electron chi connectivity index (χ3n) is 4.35. The topological polar surface area (TPSA) is 50.4 Å². The Labute approximate surface area is 119 Å². The normalized spacial score (nSPS) is 25.2. The fraction of sp³-hybridized carbons (Fsp3) is 0.562. The van der Waals surface area contributed by atoms with Gasteiger partial charge in [0.25, 0.3) is 0 Å². The standard InChI is InChI=1S/C16H22N2O2/c1-2-15-13(7-9-20-15)16(19)18-14-5-3-4-11-10-17-8-6-12(11)14/h3-5,13,15,17H,2,6-10H2,1H3,(H,18,19). The Morgan fingerprint density at radius 3 is 3.25 bits per heavy atom. The van der Waals surface area contributed by atoms with Crippen LogP contribution in [-0.4, -0.2) is 25.2 Å². The second kappa shape index (κ2) is 5.94. The van der Waals surface area contributed by atoms with Crippen LogP contribution in [0.3, 0.4) is 0 Å². The first-order chi connectivity index (χ1) is 9.79. The molecule has 20 heavy (non-hydrogen) atoms. The number of hydrogen-bond acceptors (Lipinski definition) is 3. The van der Waals surface area contributed by atoms with Gasteiger partial charge in [0.1, 0.15) is 0 Å². The molecule has 2 aliphatic rings. The van der Waals surface area contributed by atoms with Gasteiger partial charge in [-0.15, -0.1) is 0 Å². The molecular weight excluding hydrogens is 252 g/mol. The first-order valence-corrected chi connectivity index (χ1v) is 7.53. The average molecular weight is 274 g/mol. The zero-order valence-corrected chi connectivity index (χ0v) is 11.9. The molecule has 0 bridgehead atoms. The zero-order chi connectivity index (χ0) is 13.9. The lowest BCUT2D eigenvalue weighted by molar-refractivity contribution is -0.121. The van der Waals surface area contributed by atoms with E-state index in [0.717, 1.165) is 38.0 Å². The number of carbonyl (C=O) groups excluding carboxylic acids is 1. The molecule has 3 rings (SSSR count). The maximum Gasteiger partial charge on any atom is 0.230 e. The molecule has 1 saturated heterocycles. The van der Waals surface area contributed by atoms with Crippen molar-refractivity contribution in [2.24, 2.45) is 5.92 Å². The number of carbonyl (C=O) groups is 1. The van der Waals surface area contributed by atoms with E-state index in [4.69, 9.17) is 4.74 Å². The van der Waals surface area contributed by atoms with Crippen molar-refractivity contribution >= 4 is 11.6 Å².